The Labute approximate surface area is 318 Å². The van der Waals surface area contributed by atoms with Crippen LogP contribution in [0.4, 0.5) is 10.1 Å². The van der Waals surface area contributed by atoms with Gasteiger partial charge in [0.25, 0.3) is 11.5 Å². The number of halogens is 1. The van der Waals surface area contributed by atoms with E-state index in [1.165, 1.54) is 25.0 Å². The molecule has 1 amide bonds. The number of amides is 1. The van der Waals surface area contributed by atoms with Crippen molar-refractivity contribution in [3.05, 3.63) is 119 Å². The summed E-state index contributed by atoms with van der Waals surface area (Å²) in [6.45, 7) is 6.41. The van der Waals surface area contributed by atoms with E-state index >= 15 is 4.39 Å². The van der Waals surface area contributed by atoms with Crippen LogP contribution in [0.3, 0.4) is 0 Å². The maximum atomic E-state index is 15.6. The van der Waals surface area contributed by atoms with E-state index in [1.807, 2.05) is 30.3 Å². The molecule has 11 nitrogen and oxygen atoms in total. The Kier molecular flexibility index (Phi) is 11.5. The normalized spacial score (nSPS) is 13.5. The second kappa shape index (κ2) is 17.0. The molecular weight excluding hydrogens is 702 g/mol. The van der Waals surface area contributed by atoms with Gasteiger partial charge in [-0.15, -0.1) is 0 Å². The van der Waals surface area contributed by atoms with Crippen molar-refractivity contribution in [2.75, 3.05) is 45.8 Å². The smallest absolute Gasteiger partial charge is 0.282 e. The molecule has 0 aliphatic carbocycles. The van der Waals surface area contributed by atoms with Gasteiger partial charge < -0.3 is 33.7 Å². The number of nitrogens with zero attached hydrogens (tertiary/aromatic N) is 4. The number of hydrogen-bond acceptors (Lipinski definition) is 9. The molecule has 1 aliphatic heterocycles. The molecule has 0 spiro atoms. The first-order valence-electron chi connectivity index (χ1n) is 18.5. The number of carbonyl (C=O) groups excluding carboxylic acids is 1. The van der Waals surface area contributed by atoms with Crippen LogP contribution in [-0.4, -0.2) is 65.8 Å². The number of aryl methyl sites for hydroxylation is 2. The second-order valence-electron chi connectivity index (χ2n) is 13.8. The SMILES string of the molecule is COc1ccc(CCn2c(=O)c(C(=O)Nc3ccc(Oc4ccnc5cc(OCCCN6CCC(C)CC6)c(OC)cc45)c(F)c3)nc3ccccc32)cc1. The average molecular weight is 746 g/mol. The van der Waals surface area contributed by atoms with Gasteiger partial charge in [0.2, 0.25) is 0 Å². The van der Waals surface area contributed by atoms with Crippen LogP contribution >= 0.6 is 0 Å². The fourth-order valence-corrected chi connectivity index (χ4v) is 6.81. The minimum Gasteiger partial charge on any atom is -0.497 e. The number of carbonyl (C=O) groups is 1. The first-order chi connectivity index (χ1) is 26.8. The third kappa shape index (κ3) is 8.70. The van der Waals surface area contributed by atoms with Crippen molar-refractivity contribution >= 4 is 33.5 Å². The Hall–Kier alpha value is -6.01. The lowest BCUT2D eigenvalue weighted by Gasteiger charge is -2.30. The minimum absolute atomic E-state index is 0.0679. The largest absolute Gasteiger partial charge is 0.497 e. The van der Waals surface area contributed by atoms with Gasteiger partial charge in [0.1, 0.15) is 11.5 Å². The molecule has 0 atom stereocenters. The van der Waals surface area contributed by atoms with Crippen molar-refractivity contribution in [1.29, 1.82) is 0 Å². The Morgan fingerprint density at radius 1 is 0.873 bits per heavy atom. The van der Waals surface area contributed by atoms with Crippen LogP contribution in [0.5, 0.6) is 28.7 Å². The van der Waals surface area contributed by atoms with Gasteiger partial charge in [-0.1, -0.05) is 31.2 Å². The number of methoxy groups -OCH3 is 2. The van der Waals surface area contributed by atoms with Crippen LogP contribution in [0, 0.1) is 11.7 Å². The summed E-state index contributed by atoms with van der Waals surface area (Å²) in [5, 5.41) is 3.24. The zero-order valence-corrected chi connectivity index (χ0v) is 31.2. The first kappa shape index (κ1) is 37.3. The van der Waals surface area contributed by atoms with Crippen LogP contribution < -0.4 is 29.8 Å². The Morgan fingerprint density at radius 3 is 2.44 bits per heavy atom. The molecule has 0 radical (unpaired) electrons. The van der Waals surface area contributed by atoms with Crippen LogP contribution in [-0.2, 0) is 13.0 Å². The van der Waals surface area contributed by atoms with Crippen molar-refractivity contribution in [3.63, 3.8) is 0 Å². The van der Waals surface area contributed by atoms with Gasteiger partial charge in [-0.25, -0.2) is 9.37 Å². The lowest BCUT2D eigenvalue weighted by molar-refractivity contribution is 0.102. The van der Waals surface area contributed by atoms with Crippen LogP contribution in [0.1, 0.15) is 42.2 Å². The number of pyridine rings is 1. The molecule has 55 heavy (non-hydrogen) atoms. The summed E-state index contributed by atoms with van der Waals surface area (Å²) in [6.07, 6.45) is 5.49. The number of anilines is 1. The van der Waals surface area contributed by atoms with Gasteiger partial charge in [0.15, 0.2) is 28.8 Å². The van der Waals surface area contributed by atoms with Gasteiger partial charge in [-0.3, -0.25) is 14.6 Å². The second-order valence-corrected chi connectivity index (χ2v) is 13.8. The number of para-hydroxylation sites is 2. The predicted octanol–water partition coefficient (Wildman–Crippen LogP) is 7.89. The van der Waals surface area contributed by atoms with Gasteiger partial charge in [0, 0.05) is 42.5 Å². The van der Waals surface area contributed by atoms with Gasteiger partial charge in [0.05, 0.1) is 37.4 Å². The zero-order chi connectivity index (χ0) is 38.3. The Bertz CT molecular complexity index is 2360. The molecule has 4 aromatic carbocycles. The highest BCUT2D eigenvalue weighted by Crippen LogP contribution is 2.38. The van der Waals surface area contributed by atoms with E-state index in [0.29, 0.717) is 58.8 Å². The summed E-state index contributed by atoms with van der Waals surface area (Å²) >= 11 is 0. The number of piperidine rings is 1. The van der Waals surface area contributed by atoms with E-state index in [-0.39, 0.29) is 17.1 Å². The molecule has 0 unspecified atom stereocenters. The first-order valence-corrected chi connectivity index (χ1v) is 18.5. The molecule has 6 aromatic rings. The zero-order valence-electron chi connectivity index (χ0n) is 31.2. The number of benzene rings is 4. The molecule has 1 fully saturated rings. The molecule has 1 N–H and O–H groups in total. The molecule has 2 aromatic heterocycles. The molecule has 284 valence electrons. The van der Waals surface area contributed by atoms with Gasteiger partial charge in [-0.05, 0) is 98.8 Å². The monoisotopic (exact) mass is 745 g/mol. The molecule has 0 saturated carbocycles. The fraction of sp³-hybridized carbons (Fsp3) is 0.302. The van der Waals surface area contributed by atoms with Crippen molar-refractivity contribution in [2.24, 2.45) is 5.92 Å². The van der Waals surface area contributed by atoms with Crippen molar-refractivity contribution in [3.8, 4) is 28.7 Å². The van der Waals surface area contributed by atoms with Crippen LogP contribution in [0.25, 0.3) is 21.9 Å². The summed E-state index contributed by atoms with van der Waals surface area (Å²) in [7, 11) is 3.17. The topological polar surface area (TPSA) is 117 Å². The summed E-state index contributed by atoms with van der Waals surface area (Å²) in [5.74, 6) is 1.43. The summed E-state index contributed by atoms with van der Waals surface area (Å²) in [6, 6.07) is 24.0. The average Bonchev–Trinajstić information content (AvgIpc) is 3.20. The van der Waals surface area contributed by atoms with E-state index in [0.717, 1.165) is 49.4 Å². The Balaban J connectivity index is 1.04. The van der Waals surface area contributed by atoms with E-state index in [9.17, 15) is 9.59 Å². The maximum absolute atomic E-state index is 15.6. The number of aromatic nitrogens is 3. The van der Waals surface area contributed by atoms with E-state index in [2.05, 4.69) is 27.1 Å². The Morgan fingerprint density at radius 2 is 1.67 bits per heavy atom. The fourth-order valence-electron chi connectivity index (χ4n) is 6.81. The molecule has 7 rings (SSSR count). The van der Waals surface area contributed by atoms with Crippen molar-refractivity contribution < 1.29 is 28.1 Å². The van der Waals surface area contributed by atoms with Gasteiger partial charge in [-0.2, -0.15) is 0 Å². The summed E-state index contributed by atoms with van der Waals surface area (Å²) < 4.78 is 40.1. The quantitative estimate of drug-likeness (QED) is 0.111. The highest BCUT2D eigenvalue weighted by atomic mass is 19.1. The maximum Gasteiger partial charge on any atom is 0.282 e. The number of likely N-dealkylation sites (tertiary alicyclic amines) is 1. The minimum atomic E-state index is -0.756. The number of hydrogen-bond donors (Lipinski definition) is 1. The third-order valence-corrected chi connectivity index (χ3v) is 10.00. The van der Waals surface area contributed by atoms with Crippen LogP contribution in [0.15, 0.2) is 95.9 Å². The molecule has 3 heterocycles. The number of fused-ring (bicyclic) bond motifs is 2. The molecular formula is C43H44FN5O6. The predicted molar refractivity (Wildman–Crippen MR) is 210 cm³/mol. The standard InChI is InChI=1S/C43H44FN5O6/c1-28-16-21-48(22-17-28)20-6-24-54-40-27-35-32(26-39(40)53-3)37(15-19-45-35)55-38-14-11-30(25-33(38)44)46-42(50)41-43(51)49(36-8-5-4-7-34(36)47-41)23-18-29-9-12-31(52-2)13-10-29/h4-5,7-15,19,25-28H,6,16-18,20-24H2,1-3H3,(H,46,50). The van der Waals surface area contributed by atoms with Crippen LogP contribution in [0.2, 0.25) is 0 Å². The van der Waals surface area contributed by atoms with Gasteiger partial charge >= 0.3 is 0 Å². The molecule has 1 aliphatic rings. The summed E-state index contributed by atoms with van der Waals surface area (Å²) in [4.78, 5) is 38.5. The summed E-state index contributed by atoms with van der Waals surface area (Å²) in [5.41, 5.74) is 1.97. The lowest BCUT2D eigenvalue weighted by Crippen LogP contribution is -2.34. The lowest BCUT2D eigenvalue weighted by atomic mass is 9.99. The highest BCUT2D eigenvalue weighted by molar-refractivity contribution is 6.03. The highest BCUT2D eigenvalue weighted by Gasteiger charge is 2.20. The molecule has 12 heteroatoms. The number of nitrogens with one attached hydrogen (secondary N) is 1. The molecule has 1 saturated heterocycles. The van der Waals surface area contributed by atoms with Crippen molar-refractivity contribution in [1.82, 2.24) is 19.4 Å². The molecule has 0 bridgehead atoms. The number of rotatable bonds is 14. The van der Waals surface area contributed by atoms with E-state index < -0.39 is 17.3 Å². The van der Waals surface area contributed by atoms with E-state index in [1.54, 1.807) is 61.4 Å². The number of ether oxygens (including phenoxy) is 4. The van der Waals surface area contributed by atoms with Crippen molar-refractivity contribution in [2.45, 2.75) is 39.2 Å². The third-order valence-electron chi connectivity index (χ3n) is 10.00. The van der Waals surface area contributed by atoms with E-state index in [4.69, 9.17) is 18.9 Å².